The molecule has 23 heavy (non-hydrogen) atoms. The van der Waals surface area contributed by atoms with E-state index in [1.165, 1.54) is 17.3 Å². The molecular weight excluding hydrogens is 304 g/mol. The van der Waals surface area contributed by atoms with Crippen LogP contribution in [0.25, 0.3) is 0 Å². The second-order valence-corrected chi connectivity index (χ2v) is 9.27. The summed E-state index contributed by atoms with van der Waals surface area (Å²) in [4.78, 5) is 11.7. The van der Waals surface area contributed by atoms with E-state index in [4.69, 9.17) is 0 Å². The number of hydrogen-bond acceptors (Lipinski definition) is 3. The third-order valence-electron chi connectivity index (χ3n) is 3.76. The van der Waals surface area contributed by atoms with E-state index in [-0.39, 0.29) is 15.9 Å². The Balaban J connectivity index is 3.14. The molecule has 0 atom stereocenters. The summed E-state index contributed by atoms with van der Waals surface area (Å²) in [5, 5.41) is 10.8. The molecule has 0 bridgehead atoms. The van der Waals surface area contributed by atoms with Crippen molar-refractivity contribution in [1.29, 1.82) is 0 Å². The Morgan fingerprint density at radius 3 is 1.87 bits per heavy atom. The second-order valence-electron chi connectivity index (χ2n) is 8.21. The molecule has 3 heteroatoms. The summed E-state index contributed by atoms with van der Waals surface area (Å²) in [6.07, 6.45) is 0.802. The maximum absolute atomic E-state index is 11.7. The molecule has 1 N–H and O–H groups in total. The molecule has 128 valence electrons. The van der Waals surface area contributed by atoms with Crippen molar-refractivity contribution in [3.63, 3.8) is 0 Å². The van der Waals surface area contributed by atoms with Gasteiger partial charge in [-0.05, 0) is 46.4 Å². The third-order valence-corrected chi connectivity index (χ3v) is 4.78. The maximum Gasteiger partial charge on any atom is 0.214 e. The van der Waals surface area contributed by atoms with E-state index >= 15 is 0 Å². The smallest absolute Gasteiger partial charge is 0.214 e. The van der Waals surface area contributed by atoms with Gasteiger partial charge in [-0.3, -0.25) is 4.79 Å². The Morgan fingerprint density at radius 1 is 1.09 bits per heavy atom. The molecule has 0 aliphatic heterocycles. The van der Waals surface area contributed by atoms with E-state index in [0.29, 0.717) is 11.3 Å². The minimum absolute atomic E-state index is 0.0517. The summed E-state index contributed by atoms with van der Waals surface area (Å²) < 4.78 is 0. The van der Waals surface area contributed by atoms with Gasteiger partial charge >= 0.3 is 0 Å². The molecule has 2 nitrogen and oxygen atoms in total. The van der Waals surface area contributed by atoms with Crippen LogP contribution >= 0.6 is 11.8 Å². The predicted molar refractivity (Wildman–Crippen MR) is 101 cm³/mol. The van der Waals surface area contributed by atoms with Crippen molar-refractivity contribution in [1.82, 2.24) is 0 Å². The molecule has 0 aromatic heterocycles. The second kappa shape index (κ2) is 7.12. The average molecular weight is 335 g/mol. The highest BCUT2D eigenvalue weighted by Gasteiger charge is 2.26. The number of phenols is 1. The summed E-state index contributed by atoms with van der Waals surface area (Å²) in [6, 6.07) is 4.16. The first-order valence-electron chi connectivity index (χ1n) is 8.03. The molecule has 0 spiro atoms. The number of benzene rings is 1. The third kappa shape index (κ3) is 5.42. The summed E-state index contributed by atoms with van der Waals surface area (Å²) in [5.74, 6) is 1.13. The fourth-order valence-corrected chi connectivity index (χ4v) is 3.14. The Hall–Kier alpha value is -1.22. The van der Waals surface area contributed by atoms with Gasteiger partial charge in [-0.1, -0.05) is 72.0 Å². The van der Waals surface area contributed by atoms with E-state index in [9.17, 15) is 9.90 Å². The van der Waals surface area contributed by atoms with Crippen LogP contribution in [0.3, 0.4) is 0 Å². The standard InChI is InChI=1S/C20H30O2S/c1-13(2)18(22)23-10-9-14-11-15(19(3,4)5)17(21)16(12-14)20(6,7)8/h11-12,21H,1,9-10H2,2-8H3. The number of rotatable bonds is 4. The Morgan fingerprint density at radius 2 is 1.52 bits per heavy atom. The van der Waals surface area contributed by atoms with Gasteiger partial charge in [-0.2, -0.15) is 0 Å². The van der Waals surface area contributed by atoms with Crippen molar-refractivity contribution in [2.45, 2.75) is 65.7 Å². The first kappa shape index (κ1) is 19.8. The summed E-state index contributed by atoms with van der Waals surface area (Å²) >= 11 is 1.31. The van der Waals surface area contributed by atoms with Crippen molar-refractivity contribution in [3.8, 4) is 5.75 Å². The van der Waals surface area contributed by atoms with Crippen LogP contribution in [0, 0.1) is 0 Å². The van der Waals surface area contributed by atoms with Gasteiger partial charge in [-0.15, -0.1) is 0 Å². The quantitative estimate of drug-likeness (QED) is 0.753. The summed E-state index contributed by atoms with van der Waals surface area (Å²) in [5.41, 5.74) is 3.44. The largest absolute Gasteiger partial charge is 0.507 e. The van der Waals surface area contributed by atoms with Gasteiger partial charge in [0.25, 0.3) is 0 Å². The molecule has 0 fully saturated rings. The van der Waals surface area contributed by atoms with Crippen LogP contribution in [0.5, 0.6) is 5.75 Å². The Bertz CT molecular complexity index is 566. The Labute approximate surface area is 145 Å². The molecule has 0 aliphatic carbocycles. The SMILES string of the molecule is C=C(C)C(=O)SCCc1cc(C(C)(C)C)c(O)c(C(C)(C)C)c1. The molecule has 0 heterocycles. The van der Waals surface area contributed by atoms with Crippen molar-refractivity contribution in [2.24, 2.45) is 0 Å². The zero-order valence-electron chi connectivity index (χ0n) is 15.5. The highest BCUT2D eigenvalue weighted by molar-refractivity contribution is 8.14. The minimum atomic E-state index is -0.124. The number of thioether (sulfide) groups is 1. The summed E-state index contributed by atoms with van der Waals surface area (Å²) in [7, 11) is 0. The van der Waals surface area contributed by atoms with E-state index in [2.05, 4.69) is 60.3 Å². The number of aryl methyl sites for hydroxylation is 1. The molecule has 1 aromatic carbocycles. The molecule has 1 rings (SSSR count). The molecule has 0 aliphatic rings. The van der Waals surface area contributed by atoms with Crippen molar-refractivity contribution in [2.75, 3.05) is 5.75 Å². The highest BCUT2D eigenvalue weighted by atomic mass is 32.2. The number of carbonyl (C=O) groups is 1. The lowest BCUT2D eigenvalue weighted by atomic mass is 9.78. The fraction of sp³-hybridized carbons (Fsp3) is 0.550. The zero-order valence-corrected chi connectivity index (χ0v) is 16.4. The molecule has 1 aromatic rings. The van der Waals surface area contributed by atoms with E-state index in [1.807, 2.05) is 0 Å². The first-order chi connectivity index (χ1) is 10.3. The lowest BCUT2D eigenvalue weighted by Crippen LogP contribution is -2.18. The van der Waals surface area contributed by atoms with Crippen LogP contribution in [0.4, 0.5) is 0 Å². The van der Waals surface area contributed by atoms with Crippen LogP contribution in [-0.4, -0.2) is 16.0 Å². The van der Waals surface area contributed by atoms with Gasteiger partial charge in [0.05, 0.1) is 0 Å². The Kier molecular flexibility index (Phi) is 6.14. The maximum atomic E-state index is 11.7. The normalized spacial score (nSPS) is 12.3. The van der Waals surface area contributed by atoms with E-state index < -0.39 is 0 Å². The average Bonchev–Trinajstić information content (AvgIpc) is 2.37. The molecule has 0 saturated carbocycles. The van der Waals surface area contributed by atoms with Gasteiger partial charge in [0.15, 0.2) is 0 Å². The van der Waals surface area contributed by atoms with Crippen LogP contribution in [-0.2, 0) is 22.0 Å². The minimum Gasteiger partial charge on any atom is -0.507 e. The predicted octanol–water partition coefficient (Wildman–Crippen LogP) is 5.37. The van der Waals surface area contributed by atoms with Crippen molar-refractivity contribution >= 4 is 16.9 Å². The molecule has 0 saturated heterocycles. The first-order valence-corrected chi connectivity index (χ1v) is 9.02. The van der Waals surface area contributed by atoms with Gasteiger partial charge in [0, 0.05) is 5.75 Å². The molecule has 0 radical (unpaired) electrons. The topological polar surface area (TPSA) is 37.3 Å². The monoisotopic (exact) mass is 334 g/mol. The summed E-state index contributed by atoms with van der Waals surface area (Å²) in [6.45, 7) is 18.1. The molecular formula is C20H30O2S. The molecule has 0 amide bonds. The fourth-order valence-electron chi connectivity index (χ4n) is 2.37. The van der Waals surface area contributed by atoms with Crippen molar-refractivity contribution < 1.29 is 9.90 Å². The molecule has 0 unspecified atom stereocenters. The number of carbonyl (C=O) groups excluding carboxylic acids is 1. The highest BCUT2D eigenvalue weighted by Crippen LogP contribution is 2.39. The lowest BCUT2D eigenvalue weighted by Gasteiger charge is -2.28. The van der Waals surface area contributed by atoms with Gasteiger partial charge in [0.1, 0.15) is 5.75 Å². The van der Waals surface area contributed by atoms with E-state index in [1.54, 1.807) is 6.92 Å². The van der Waals surface area contributed by atoms with Crippen LogP contribution < -0.4 is 0 Å². The lowest BCUT2D eigenvalue weighted by molar-refractivity contribution is -0.107. The van der Waals surface area contributed by atoms with Crippen LogP contribution in [0.15, 0.2) is 24.3 Å². The van der Waals surface area contributed by atoms with Gasteiger partial charge in [-0.25, -0.2) is 0 Å². The van der Waals surface area contributed by atoms with Crippen LogP contribution in [0.2, 0.25) is 0 Å². The van der Waals surface area contributed by atoms with Crippen LogP contribution in [0.1, 0.15) is 65.2 Å². The number of hydrogen-bond donors (Lipinski definition) is 1. The van der Waals surface area contributed by atoms with Crippen molar-refractivity contribution in [3.05, 3.63) is 41.0 Å². The van der Waals surface area contributed by atoms with E-state index in [0.717, 1.165) is 23.3 Å². The number of aromatic hydroxyl groups is 1. The zero-order chi connectivity index (χ0) is 18.0. The van der Waals surface area contributed by atoms with Gasteiger partial charge in [0.2, 0.25) is 5.12 Å². The van der Waals surface area contributed by atoms with Gasteiger partial charge < -0.3 is 5.11 Å². The number of phenolic OH excluding ortho intramolecular Hbond substituents is 1.